The number of esters is 1. The molecule has 1 aliphatic rings. The van der Waals surface area contributed by atoms with Crippen molar-refractivity contribution >= 4 is 29.1 Å². The smallest absolute Gasteiger partial charge is 0.309 e. The van der Waals surface area contributed by atoms with Gasteiger partial charge in [-0.05, 0) is 59.3 Å². The van der Waals surface area contributed by atoms with Crippen LogP contribution in [0.15, 0.2) is 66.3 Å². The van der Waals surface area contributed by atoms with E-state index >= 15 is 0 Å². The second-order valence-electron chi connectivity index (χ2n) is 9.36. The molecule has 0 spiro atoms. The first-order valence-electron chi connectivity index (χ1n) is 12.1. The summed E-state index contributed by atoms with van der Waals surface area (Å²) in [5.41, 5.74) is 4.69. The van der Waals surface area contributed by atoms with Crippen LogP contribution in [0.1, 0.15) is 29.1 Å². The zero-order valence-electron chi connectivity index (χ0n) is 20.7. The lowest BCUT2D eigenvalue weighted by Gasteiger charge is -2.20. The van der Waals surface area contributed by atoms with Crippen LogP contribution in [0.4, 0.5) is 0 Å². The fraction of sp³-hybridized carbons (Fsp3) is 0.179. The van der Waals surface area contributed by atoms with Crippen LogP contribution in [-0.4, -0.2) is 37.7 Å². The highest BCUT2D eigenvalue weighted by Crippen LogP contribution is 2.42. The van der Waals surface area contributed by atoms with Crippen LogP contribution in [0.3, 0.4) is 0 Å². The van der Waals surface area contributed by atoms with E-state index in [1.54, 1.807) is 18.3 Å². The number of aromatic nitrogens is 5. The minimum absolute atomic E-state index is 0.185. The molecule has 0 aliphatic heterocycles. The first-order chi connectivity index (χ1) is 18.9. The third-order valence-corrected chi connectivity index (χ3v) is 7.74. The maximum absolute atomic E-state index is 13.4. The van der Waals surface area contributed by atoms with Crippen molar-refractivity contribution in [3.8, 4) is 33.6 Å². The number of halogens is 1. The van der Waals surface area contributed by atoms with Crippen molar-refractivity contribution in [3.63, 3.8) is 0 Å². The average Bonchev–Trinajstić information content (AvgIpc) is 3.70. The molecule has 1 atom stereocenters. The molecule has 3 aromatic heterocycles. The molecule has 0 saturated heterocycles. The van der Waals surface area contributed by atoms with Crippen molar-refractivity contribution in [2.45, 2.75) is 24.9 Å². The van der Waals surface area contributed by atoms with E-state index in [4.69, 9.17) is 16.3 Å². The molecule has 3 heterocycles. The van der Waals surface area contributed by atoms with Gasteiger partial charge in [0, 0.05) is 27.1 Å². The Hall–Kier alpha value is -4.12. The highest BCUT2D eigenvalue weighted by atomic mass is 35.5. The number of imidazole rings is 1. The summed E-state index contributed by atoms with van der Waals surface area (Å²) in [6.45, 7) is 0. The molecule has 2 N–H and O–H groups in total. The maximum Gasteiger partial charge on any atom is 0.309 e. The van der Waals surface area contributed by atoms with E-state index in [1.165, 1.54) is 24.8 Å². The third-order valence-electron chi connectivity index (χ3n) is 7.00. The SMILES string of the molecule is COC(=O)Cc1ccc(-c2cnc(C3(O)CCc4cc(-c5cc(Cl)ccc5-c5csnn5)c[n+]([O-])c43)[nH]2)cc1. The first-order valence-corrected chi connectivity index (χ1v) is 13.3. The fourth-order valence-corrected chi connectivity index (χ4v) is 5.68. The van der Waals surface area contributed by atoms with Crippen LogP contribution in [0.5, 0.6) is 0 Å². The van der Waals surface area contributed by atoms with E-state index in [1.807, 2.05) is 41.8 Å². The summed E-state index contributed by atoms with van der Waals surface area (Å²) in [7, 11) is 1.36. The van der Waals surface area contributed by atoms with Crippen molar-refractivity contribution in [2.24, 2.45) is 0 Å². The van der Waals surface area contributed by atoms with Gasteiger partial charge in [0.2, 0.25) is 11.3 Å². The van der Waals surface area contributed by atoms with Crippen LogP contribution in [0.25, 0.3) is 33.6 Å². The normalized spacial score (nSPS) is 16.3. The highest BCUT2D eigenvalue weighted by Gasteiger charge is 2.48. The van der Waals surface area contributed by atoms with Gasteiger partial charge in [0.1, 0.15) is 11.5 Å². The van der Waals surface area contributed by atoms with E-state index < -0.39 is 5.60 Å². The number of methoxy groups -OCH3 is 1. The summed E-state index contributed by atoms with van der Waals surface area (Å²) in [6, 6.07) is 14.8. The summed E-state index contributed by atoms with van der Waals surface area (Å²) in [4.78, 5) is 19.2. The van der Waals surface area contributed by atoms with Crippen molar-refractivity contribution in [2.75, 3.05) is 7.11 Å². The quantitative estimate of drug-likeness (QED) is 0.179. The minimum atomic E-state index is -1.57. The second-order valence-corrected chi connectivity index (χ2v) is 10.4. The van der Waals surface area contributed by atoms with Gasteiger partial charge in [-0.15, -0.1) is 5.10 Å². The molecule has 0 saturated carbocycles. The Bertz CT molecular complexity index is 1690. The zero-order valence-corrected chi connectivity index (χ0v) is 22.3. The Morgan fingerprint density at radius 2 is 2.03 bits per heavy atom. The van der Waals surface area contributed by atoms with Gasteiger partial charge in [-0.25, -0.2) is 4.98 Å². The number of aromatic amines is 1. The number of H-pyrrole nitrogens is 1. The summed E-state index contributed by atoms with van der Waals surface area (Å²) >= 11 is 7.55. The Morgan fingerprint density at radius 3 is 2.77 bits per heavy atom. The first kappa shape index (κ1) is 25.2. The molecular formula is C28H22ClN5O4S. The molecule has 0 radical (unpaired) electrons. The van der Waals surface area contributed by atoms with E-state index in [0.717, 1.165) is 32.5 Å². The van der Waals surface area contributed by atoms with Crippen molar-refractivity contribution < 1.29 is 19.4 Å². The van der Waals surface area contributed by atoms with Crippen LogP contribution >= 0.6 is 23.1 Å². The number of pyridine rings is 1. The molecular weight excluding hydrogens is 538 g/mol. The van der Waals surface area contributed by atoms with Gasteiger partial charge in [0.25, 0.3) is 0 Å². The number of fused-ring (bicyclic) bond motifs is 1. The van der Waals surface area contributed by atoms with Gasteiger partial charge in [0.15, 0.2) is 6.20 Å². The Balaban J connectivity index is 1.33. The molecule has 1 unspecified atom stereocenters. The number of hydrogen-bond donors (Lipinski definition) is 2. The average molecular weight is 560 g/mol. The number of nitrogens with one attached hydrogen (secondary N) is 1. The number of carbonyl (C=O) groups is 1. The van der Waals surface area contributed by atoms with Crippen LogP contribution < -0.4 is 4.73 Å². The topological polar surface area (TPSA) is 128 Å². The predicted octanol–water partition coefficient (Wildman–Crippen LogP) is 4.45. The van der Waals surface area contributed by atoms with Gasteiger partial charge >= 0.3 is 5.97 Å². The van der Waals surface area contributed by atoms with Gasteiger partial charge < -0.3 is 20.0 Å². The van der Waals surface area contributed by atoms with Crippen LogP contribution in [-0.2, 0) is 28.0 Å². The summed E-state index contributed by atoms with van der Waals surface area (Å²) < 4.78 is 9.40. The van der Waals surface area contributed by atoms with E-state index in [0.29, 0.717) is 40.6 Å². The summed E-state index contributed by atoms with van der Waals surface area (Å²) in [6.07, 6.45) is 4.06. The minimum Gasteiger partial charge on any atom is -0.618 e. The number of rotatable bonds is 6. The number of aliphatic hydroxyl groups is 1. The van der Waals surface area contributed by atoms with Gasteiger partial charge in [-0.2, -0.15) is 4.73 Å². The van der Waals surface area contributed by atoms with Crippen LogP contribution in [0.2, 0.25) is 5.02 Å². The van der Waals surface area contributed by atoms with Crippen molar-refractivity contribution in [1.29, 1.82) is 0 Å². The number of aryl methyl sites for hydroxylation is 1. The third kappa shape index (κ3) is 4.56. The molecule has 0 fully saturated rings. The number of nitrogens with zero attached hydrogens (tertiary/aromatic N) is 4. The molecule has 5 aromatic rings. The lowest BCUT2D eigenvalue weighted by molar-refractivity contribution is -0.620. The number of carbonyl (C=O) groups excluding carboxylic acids is 1. The Labute approximate surface area is 232 Å². The Morgan fingerprint density at radius 1 is 1.21 bits per heavy atom. The van der Waals surface area contributed by atoms with Gasteiger partial charge in [0.05, 0.1) is 25.4 Å². The highest BCUT2D eigenvalue weighted by molar-refractivity contribution is 7.03. The lowest BCUT2D eigenvalue weighted by Crippen LogP contribution is -2.42. The van der Waals surface area contributed by atoms with Crippen molar-refractivity contribution in [3.05, 3.63) is 99.2 Å². The molecule has 9 nitrogen and oxygen atoms in total. The molecule has 2 aromatic carbocycles. The standard InChI is InChI=1S/C28H22ClN5O4S/c1-38-25(35)10-16-2-4-17(5-3-16)23-13-30-27(31-23)28(36)9-8-18-11-19(14-34(37)26(18)28)22-12-20(29)6-7-21(22)24-15-39-33-32-24/h2-7,11-15,36H,8-10H2,1H3,(H,30,31). The fourth-order valence-electron chi connectivity index (χ4n) is 5.06. The van der Waals surface area contributed by atoms with Gasteiger partial charge in [-0.1, -0.05) is 46.4 Å². The second kappa shape index (κ2) is 9.88. The maximum atomic E-state index is 13.4. The molecule has 1 aliphatic carbocycles. The molecule has 6 rings (SSSR count). The monoisotopic (exact) mass is 559 g/mol. The molecule has 11 heteroatoms. The zero-order chi connectivity index (χ0) is 27.1. The van der Waals surface area contributed by atoms with E-state index in [-0.39, 0.29) is 18.1 Å². The predicted molar refractivity (Wildman–Crippen MR) is 146 cm³/mol. The van der Waals surface area contributed by atoms with Crippen LogP contribution in [0, 0.1) is 5.21 Å². The largest absolute Gasteiger partial charge is 0.618 e. The number of ether oxygens (including phenoxy) is 1. The number of benzene rings is 2. The molecule has 196 valence electrons. The van der Waals surface area contributed by atoms with E-state index in [2.05, 4.69) is 19.6 Å². The Kier molecular flexibility index (Phi) is 6.38. The summed E-state index contributed by atoms with van der Waals surface area (Å²) in [5.74, 6) is -0.0151. The lowest BCUT2D eigenvalue weighted by atomic mass is 9.96. The molecule has 0 amide bonds. The van der Waals surface area contributed by atoms with E-state index in [9.17, 15) is 15.1 Å². The number of hydrogen-bond acceptors (Lipinski definition) is 8. The molecule has 0 bridgehead atoms. The summed E-state index contributed by atoms with van der Waals surface area (Å²) in [5, 5.41) is 31.7. The molecule has 39 heavy (non-hydrogen) atoms. The van der Waals surface area contributed by atoms with Gasteiger partial charge in [-0.3, -0.25) is 4.79 Å². The van der Waals surface area contributed by atoms with Crippen molar-refractivity contribution in [1.82, 2.24) is 19.6 Å².